The van der Waals surface area contributed by atoms with Gasteiger partial charge in [0.15, 0.2) is 0 Å². The summed E-state index contributed by atoms with van der Waals surface area (Å²) in [6.45, 7) is 3.36. The topological polar surface area (TPSA) is 49.8 Å². The number of nitrogens with zero attached hydrogens (tertiary/aromatic N) is 2. The Morgan fingerprint density at radius 2 is 2.17 bits per heavy atom. The van der Waals surface area contributed by atoms with Crippen LogP contribution in [-0.2, 0) is 0 Å². The maximum absolute atomic E-state index is 4.33. The van der Waals surface area contributed by atoms with Crippen LogP contribution in [0.15, 0.2) is 12.1 Å². The van der Waals surface area contributed by atoms with Crippen LogP contribution in [0.1, 0.15) is 43.7 Å². The van der Waals surface area contributed by atoms with E-state index in [1.807, 2.05) is 0 Å². The lowest BCUT2D eigenvalue weighted by molar-refractivity contribution is 0.408. The first-order valence-electron chi connectivity index (χ1n) is 7.20. The Morgan fingerprint density at radius 1 is 1.22 bits per heavy atom. The van der Waals surface area contributed by atoms with Crippen LogP contribution in [-0.4, -0.2) is 29.8 Å². The van der Waals surface area contributed by atoms with E-state index >= 15 is 0 Å². The highest BCUT2D eigenvalue weighted by atomic mass is 15.2. The molecule has 4 nitrogen and oxygen atoms in total. The molecule has 1 saturated heterocycles. The van der Waals surface area contributed by atoms with Crippen molar-refractivity contribution in [2.24, 2.45) is 5.92 Å². The number of aromatic nitrogens is 2. The van der Waals surface area contributed by atoms with Crippen molar-refractivity contribution in [3.63, 3.8) is 0 Å². The summed E-state index contributed by atoms with van der Waals surface area (Å²) in [6.07, 6.45) is 6.46. The summed E-state index contributed by atoms with van der Waals surface area (Å²) in [5.74, 6) is 2.43. The quantitative estimate of drug-likeness (QED) is 0.836. The zero-order valence-corrected chi connectivity index (χ0v) is 10.9. The van der Waals surface area contributed by atoms with Crippen molar-refractivity contribution >= 4 is 5.82 Å². The van der Waals surface area contributed by atoms with Gasteiger partial charge in [-0.15, -0.1) is 5.10 Å². The summed E-state index contributed by atoms with van der Waals surface area (Å²) in [4.78, 5) is 0. The number of rotatable bonds is 5. The molecule has 2 N–H and O–H groups in total. The van der Waals surface area contributed by atoms with E-state index in [1.54, 1.807) is 0 Å². The zero-order chi connectivity index (χ0) is 12.2. The molecule has 1 aliphatic heterocycles. The monoisotopic (exact) mass is 246 g/mol. The Bertz CT molecular complexity index is 366. The third-order valence-electron chi connectivity index (χ3n) is 4.23. The number of nitrogens with one attached hydrogen (secondary N) is 2. The minimum Gasteiger partial charge on any atom is -0.369 e. The molecule has 1 aromatic rings. The minimum atomic E-state index is 0.677. The molecule has 1 unspecified atom stereocenters. The van der Waals surface area contributed by atoms with Gasteiger partial charge in [-0.3, -0.25) is 0 Å². The highest BCUT2D eigenvalue weighted by molar-refractivity contribution is 5.33. The number of hydrogen-bond donors (Lipinski definition) is 2. The van der Waals surface area contributed by atoms with Gasteiger partial charge in [0.2, 0.25) is 0 Å². The van der Waals surface area contributed by atoms with Gasteiger partial charge < -0.3 is 10.6 Å². The second-order valence-corrected chi connectivity index (χ2v) is 5.55. The summed E-state index contributed by atoms with van der Waals surface area (Å²) in [5, 5.41) is 15.4. The van der Waals surface area contributed by atoms with Crippen molar-refractivity contribution in [1.82, 2.24) is 15.5 Å². The van der Waals surface area contributed by atoms with Crippen LogP contribution in [0, 0.1) is 5.92 Å². The fourth-order valence-corrected chi connectivity index (χ4v) is 2.72. The van der Waals surface area contributed by atoms with E-state index in [-0.39, 0.29) is 0 Å². The summed E-state index contributed by atoms with van der Waals surface area (Å²) < 4.78 is 0. The number of hydrogen-bond acceptors (Lipinski definition) is 4. The fourth-order valence-electron chi connectivity index (χ4n) is 2.72. The van der Waals surface area contributed by atoms with Gasteiger partial charge in [-0.1, -0.05) is 6.42 Å². The highest BCUT2D eigenvalue weighted by Crippen LogP contribution is 2.34. The van der Waals surface area contributed by atoms with Gasteiger partial charge in [-0.05, 0) is 56.8 Å². The SMILES string of the molecule is c1cc(C2CCC2)nnc1NCCC1CCNC1. The van der Waals surface area contributed by atoms with E-state index in [0.717, 1.165) is 18.3 Å². The molecule has 1 aromatic heterocycles. The lowest BCUT2D eigenvalue weighted by Crippen LogP contribution is -2.14. The predicted octanol–water partition coefficient (Wildman–Crippen LogP) is 2.16. The summed E-state index contributed by atoms with van der Waals surface area (Å²) >= 11 is 0. The largest absolute Gasteiger partial charge is 0.369 e. The molecule has 2 aliphatic rings. The zero-order valence-electron chi connectivity index (χ0n) is 10.9. The van der Waals surface area contributed by atoms with Crippen LogP contribution >= 0.6 is 0 Å². The van der Waals surface area contributed by atoms with Crippen LogP contribution in [0.25, 0.3) is 0 Å². The molecular weight excluding hydrogens is 224 g/mol. The average Bonchev–Trinajstić information content (AvgIpc) is 2.82. The fraction of sp³-hybridized carbons (Fsp3) is 0.714. The third kappa shape index (κ3) is 2.80. The molecule has 0 amide bonds. The Morgan fingerprint density at radius 3 is 2.78 bits per heavy atom. The molecule has 0 spiro atoms. The Labute approximate surface area is 109 Å². The van der Waals surface area contributed by atoms with Gasteiger partial charge >= 0.3 is 0 Å². The molecule has 4 heteroatoms. The molecule has 1 atom stereocenters. The van der Waals surface area contributed by atoms with Crippen molar-refractivity contribution in [3.8, 4) is 0 Å². The maximum Gasteiger partial charge on any atom is 0.148 e. The molecular formula is C14H22N4. The van der Waals surface area contributed by atoms with E-state index in [0.29, 0.717) is 5.92 Å². The smallest absolute Gasteiger partial charge is 0.148 e. The molecule has 1 saturated carbocycles. The van der Waals surface area contributed by atoms with Crippen LogP contribution in [0.2, 0.25) is 0 Å². The minimum absolute atomic E-state index is 0.677. The van der Waals surface area contributed by atoms with Gasteiger partial charge in [0.1, 0.15) is 5.82 Å². The highest BCUT2D eigenvalue weighted by Gasteiger charge is 2.21. The van der Waals surface area contributed by atoms with E-state index < -0.39 is 0 Å². The van der Waals surface area contributed by atoms with Crippen molar-refractivity contribution < 1.29 is 0 Å². The van der Waals surface area contributed by atoms with Crippen molar-refractivity contribution in [3.05, 3.63) is 17.8 Å². The van der Waals surface area contributed by atoms with Gasteiger partial charge in [-0.25, -0.2) is 0 Å². The predicted molar refractivity (Wildman–Crippen MR) is 72.7 cm³/mol. The molecule has 2 heterocycles. The van der Waals surface area contributed by atoms with Gasteiger partial charge in [0.25, 0.3) is 0 Å². The molecule has 0 bridgehead atoms. The maximum atomic E-state index is 4.33. The molecule has 18 heavy (non-hydrogen) atoms. The molecule has 0 aromatic carbocycles. The normalized spacial score (nSPS) is 23.9. The van der Waals surface area contributed by atoms with E-state index in [9.17, 15) is 0 Å². The second kappa shape index (κ2) is 5.65. The first kappa shape index (κ1) is 11.9. The van der Waals surface area contributed by atoms with E-state index in [4.69, 9.17) is 0 Å². The first-order valence-corrected chi connectivity index (χ1v) is 7.20. The Balaban J connectivity index is 1.44. The average molecular weight is 246 g/mol. The lowest BCUT2D eigenvalue weighted by Gasteiger charge is -2.24. The number of anilines is 1. The molecule has 2 fully saturated rings. The lowest BCUT2D eigenvalue weighted by atomic mass is 9.83. The molecule has 98 valence electrons. The first-order chi connectivity index (χ1) is 8.92. The van der Waals surface area contributed by atoms with Crippen LogP contribution in [0.5, 0.6) is 0 Å². The van der Waals surface area contributed by atoms with Gasteiger partial charge in [-0.2, -0.15) is 5.10 Å². The van der Waals surface area contributed by atoms with Gasteiger partial charge in [0.05, 0.1) is 5.69 Å². The Hall–Kier alpha value is -1.16. The van der Waals surface area contributed by atoms with Crippen molar-refractivity contribution in [2.75, 3.05) is 25.0 Å². The molecule has 3 rings (SSSR count). The van der Waals surface area contributed by atoms with Crippen LogP contribution < -0.4 is 10.6 Å². The third-order valence-corrected chi connectivity index (χ3v) is 4.23. The van der Waals surface area contributed by atoms with Crippen molar-refractivity contribution in [2.45, 2.75) is 38.0 Å². The van der Waals surface area contributed by atoms with Crippen LogP contribution in [0.4, 0.5) is 5.82 Å². The van der Waals surface area contributed by atoms with Crippen molar-refractivity contribution in [1.29, 1.82) is 0 Å². The standard InChI is InChI=1S/C14H22N4/c1-2-12(3-1)13-4-5-14(18-17-13)16-9-7-11-6-8-15-10-11/h4-5,11-12,15H,1-3,6-10H2,(H,16,18). The summed E-state index contributed by atoms with van der Waals surface area (Å²) in [5.41, 5.74) is 1.17. The summed E-state index contributed by atoms with van der Waals surface area (Å²) in [7, 11) is 0. The summed E-state index contributed by atoms with van der Waals surface area (Å²) in [6, 6.07) is 4.21. The molecule has 1 aliphatic carbocycles. The Kier molecular flexibility index (Phi) is 3.74. The molecule has 0 radical (unpaired) electrons. The van der Waals surface area contributed by atoms with Crippen LogP contribution in [0.3, 0.4) is 0 Å². The van der Waals surface area contributed by atoms with Gasteiger partial charge in [0, 0.05) is 12.5 Å². The van der Waals surface area contributed by atoms with E-state index in [1.165, 1.54) is 50.9 Å². The van der Waals surface area contributed by atoms with E-state index in [2.05, 4.69) is 33.0 Å². The second-order valence-electron chi connectivity index (χ2n) is 5.55.